The first-order valence-corrected chi connectivity index (χ1v) is 9.96. The molecule has 1 N–H and O–H groups in total. The second-order valence-corrected chi connectivity index (χ2v) is 7.52. The number of ether oxygens (including phenoxy) is 2. The molecule has 0 saturated carbocycles. The molecule has 2 aliphatic rings. The minimum Gasteiger partial charge on any atom is -0.497 e. The first kappa shape index (κ1) is 21.5. The summed E-state index contributed by atoms with van der Waals surface area (Å²) in [5, 5.41) is 2.70. The maximum atomic E-state index is 12.6. The second-order valence-electron chi connectivity index (χ2n) is 7.52. The number of esters is 1. The van der Waals surface area contributed by atoms with Gasteiger partial charge >= 0.3 is 5.97 Å². The molecule has 3 amide bonds. The van der Waals surface area contributed by atoms with E-state index in [0.717, 1.165) is 10.5 Å². The number of nitrogens with one attached hydrogen (secondary N) is 1. The van der Waals surface area contributed by atoms with Crippen molar-refractivity contribution in [1.29, 1.82) is 0 Å². The summed E-state index contributed by atoms with van der Waals surface area (Å²) >= 11 is 0. The Kier molecular flexibility index (Phi) is 6.54. The predicted molar refractivity (Wildman–Crippen MR) is 107 cm³/mol. The molecule has 0 aromatic heterocycles. The molecule has 0 radical (unpaired) electrons. The van der Waals surface area contributed by atoms with E-state index in [9.17, 15) is 19.2 Å². The summed E-state index contributed by atoms with van der Waals surface area (Å²) in [7, 11) is 1.57. The number of imide groups is 1. The van der Waals surface area contributed by atoms with Crippen molar-refractivity contribution >= 4 is 23.7 Å². The molecule has 0 spiro atoms. The number of hydrogen-bond donors (Lipinski definition) is 1. The zero-order valence-electron chi connectivity index (χ0n) is 17.3. The van der Waals surface area contributed by atoms with Crippen molar-refractivity contribution in [3.05, 3.63) is 42.0 Å². The van der Waals surface area contributed by atoms with Gasteiger partial charge < -0.3 is 14.8 Å². The lowest BCUT2D eigenvalue weighted by atomic mass is 9.85. The highest BCUT2D eigenvalue weighted by atomic mass is 16.5. The molecule has 160 valence electrons. The van der Waals surface area contributed by atoms with E-state index in [-0.39, 0.29) is 18.4 Å². The van der Waals surface area contributed by atoms with Crippen molar-refractivity contribution in [2.24, 2.45) is 11.8 Å². The lowest BCUT2D eigenvalue weighted by Crippen LogP contribution is -2.46. The number of methoxy groups -OCH3 is 1. The third-order valence-corrected chi connectivity index (χ3v) is 5.56. The fourth-order valence-corrected chi connectivity index (χ4v) is 3.72. The first-order chi connectivity index (χ1) is 14.3. The SMILES string of the molecule is COc1ccc(CNC(=O)[C@H](C)OC(=O)[C@H](C)N2C(=O)[C@H]3CC=CC[C@@H]3C2=O)cc1. The van der Waals surface area contributed by atoms with Gasteiger partial charge in [-0.2, -0.15) is 0 Å². The molecule has 1 aromatic rings. The topological polar surface area (TPSA) is 102 Å². The van der Waals surface area contributed by atoms with E-state index in [2.05, 4.69) is 5.32 Å². The number of carbonyl (C=O) groups is 4. The second kappa shape index (κ2) is 9.11. The highest BCUT2D eigenvalue weighted by molar-refractivity contribution is 6.08. The van der Waals surface area contributed by atoms with Gasteiger partial charge in [-0.1, -0.05) is 24.3 Å². The molecule has 1 fully saturated rings. The van der Waals surface area contributed by atoms with Crippen LogP contribution in [0, 0.1) is 11.8 Å². The Bertz CT molecular complexity index is 837. The number of allylic oxidation sites excluding steroid dienone is 2. The summed E-state index contributed by atoms with van der Waals surface area (Å²) in [6.45, 7) is 3.16. The van der Waals surface area contributed by atoms with Crippen LogP contribution in [0.1, 0.15) is 32.3 Å². The molecule has 1 aliphatic heterocycles. The Morgan fingerprint density at radius 3 is 2.17 bits per heavy atom. The van der Waals surface area contributed by atoms with Gasteiger partial charge in [-0.05, 0) is 44.4 Å². The fraction of sp³-hybridized carbons (Fsp3) is 0.455. The van der Waals surface area contributed by atoms with Crippen LogP contribution in [0.2, 0.25) is 0 Å². The molecule has 8 nitrogen and oxygen atoms in total. The molecular formula is C22H26N2O6. The van der Waals surface area contributed by atoms with Crippen LogP contribution in [0.5, 0.6) is 5.75 Å². The molecular weight excluding hydrogens is 388 g/mol. The lowest BCUT2D eigenvalue weighted by molar-refractivity contribution is -0.164. The number of likely N-dealkylation sites (tertiary alicyclic amines) is 1. The third kappa shape index (κ3) is 4.37. The summed E-state index contributed by atoms with van der Waals surface area (Å²) in [6, 6.07) is 6.12. The average molecular weight is 414 g/mol. The third-order valence-electron chi connectivity index (χ3n) is 5.56. The Hall–Kier alpha value is -3.16. The number of rotatable bonds is 7. The van der Waals surface area contributed by atoms with Crippen LogP contribution < -0.4 is 10.1 Å². The molecule has 1 saturated heterocycles. The van der Waals surface area contributed by atoms with Crippen molar-refractivity contribution in [2.75, 3.05) is 7.11 Å². The van der Waals surface area contributed by atoms with Crippen LogP contribution >= 0.6 is 0 Å². The number of nitrogens with zero attached hydrogens (tertiary/aromatic N) is 1. The normalized spacial score (nSPS) is 22.3. The van der Waals surface area contributed by atoms with Crippen molar-refractivity contribution in [1.82, 2.24) is 10.2 Å². The monoisotopic (exact) mass is 414 g/mol. The van der Waals surface area contributed by atoms with Gasteiger partial charge in [-0.25, -0.2) is 4.79 Å². The Morgan fingerprint density at radius 1 is 1.07 bits per heavy atom. The first-order valence-electron chi connectivity index (χ1n) is 9.96. The van der Waals surface area contributed by atoms with Gasteiger partial charge in [0.05, 0.1) is 18.9 Å². The van der Waals surface area contributed by atoms with Crippen LogP contribution in [0.3, 0.4) is 0 Å². The Labute approximate surface area is 175 Å². The van der Waals surface area contributed by atoms with Crippen LogP contribution in [-0.4, -0.2) is 47.8 Å². The zero-order chi connectivity index (χ0) is 21.8. The van der Waals surface area contributed by atoms with E-state index < -0.39 is 35.9 Å². The van der Waals surface area contributed by atoms with E-state index in [1.165, 1.54) is 13.8 Å². The minimum absolute atomic E-state index is 0.264. The van der Waals surface area contributed by atoms with E-state index in [0.29, 0.717) is 18.6 Å². The molecule has 0 bridgehead atoms. The molecule has 4 atom stereocenters. The van der Waals surface area contributed by atoms with Gasteiger partial charge in [0, 0.05) is 6.54 Å². The number of carbonyl (C=O) groups excluding carboxylic acids is 4. The quantitative estimate of drug-likeness (QED) is 0.413. The van der Waals surface area contributed by atoms with Gasteiger partial charge in [0.25, 0.3) is 5.91 Å². The standard InChI is InChI=1S/C22H26N2O6/c1-13(24-20(26)17-6-4-5-7-18(17)21(24)27)22(28)30-14(2)19(25)23-12-15-8-10-16(29-3)11-9-15/h4-5,8-11,13-14,17-18H,6-7,12H2,1-3H3,(H,23,25)/t13-,14-,17-,18-/m0/s1. The van der Waals surface area contributed by atoms with Gasteiger partial charge in [-0.3, -0.25) is 19.3 Å². The van der Waals surface area contributed by atoms with Crippen LogP contribution in [0.4, 0.5) is 0 Å². The molecule has 1 aromatic carbocycles. The molecule has 0 unspecified atom stereocenters. The van der Waals surface area contributed by atoms with Crippen LogP contribution in [-0.2, 0) is 30.5 Å². The molecule has 3 rings (SSSR count). The van der Waals surface area contributed by atoms with Crippen LogP contribution in [0.15, 0.2) is 36.4 Å². The largest absolute Gasteiger partial charge is 0.497 e. The average Bonchev–Trinajstić information content (AvgIpc) is 3.02. The Balaban J connectivity index is 1.53. The van der Waals surface area contributed by atoms with Crippen molar-refractivity contribution in [2.45, 2.75) is 45.4 Å². The van der Waals surface area contributed by atoms with Gasteiger partial charge in [0.1, 0.15) is 11.8 Å². The smallest absolute Gasteiger partial charge is 0.329 e. The molecule has 30 heavy (non-hydrogen) atoms. The summed E-state index contributed by atoms with van der Waals surface area (Å²) in [5.74, 6) is -2.07. The minimum atomic E-state index is -1.08. The van der Waals surface area contributed by atoms with E-state index in [4.69, 9.17) is 9.47 Å². The van der Waals surface area contributed by atoms with Crippen molar-refractivity contribution in [3.63, 3.8) is 0 Å². The highest BCUT2D eigenvalue weighted by Crippen LogP contribution is 2.36. The van der Waals surface area contributed by atoms with Crippen molar-refractivity contribution < 1.29 is 28.7 Å². The number of fused-ring (bicyclic) bond motifs is 1. The number of amides is 3. The summed E-state index contributed by atoms with van der Waals surface area (Å²) in [6.07, 6.45) is 3.70. The highest BCUT2D eigenvalue weighted by Gasteiger charge is 2.50. The zero-order valence-corrected chi connectivity index (χ0v) is 17.3. The maximum absolute atomic E-state index is 12.6. The molecule has 1 heterocycles. The van der Waals surface area contributed by atoms with Crippen LogP contribution in [0.25, 0.3) is 0 Å². The van der Waals surface area contributed by atoms with Gasteiger partial charge in [0.2, 0.25) is 11.8 Å². The molecule has 1 aliphatic carbocycles. The lowest BCUT2D eigenvalue weighted by Gasteiger charge is -2.23. The summed E-state index contributed by atoms with van der Waals surface area (Å²) in [4.78, 5) is 51.0. The summed E-state index contributed by atoms with van der Waals surface area (Å²) < 4.78 is 10.3. The van der Waals surface area contributed by atoms with E-state index in [1.807, 2.05) is 24.3 Å². The predicted octanol–water partition coefficient (Wildman–Crippen LogP) is 1.58. The number of benzene rings is 1. The van der Waals surface area contributed by atoms with Crippen molar-refractivity contribution in [3.8, 4) is 5.75 Å². The Morgan fingerprint density at radius 2 is 1.63 bits per heavy atom. The summed E-state index contributed by atoms with van der Waals surface area (Å²) in [5.41, 5.74) is 0.862. The van der Waals surface area contributed by atoms with E-state index in [1.54, 1.807) is 19.2 Å². The van der Waals surface area contributed by atoms with E-state index >= 15 is 0 Å². The van der Waals surface area contributed by atoms with Gasteiger partial charge in [-0.15, -0.1) is 0 Å². The number of hydrogen-bond acceptors (Lipinski definition) is 6. The van der Waals surface area contributed by atoms with Gasteiger partial charge in [0.15, 0.2) is 6.10 Å². The molecule has 8 heteroatoms. The fourth-order valence-electron chi connectivity index (χ4n) is 3.72. The maximum Gasteiger partial charge on any atom is 0.329 e.